The average molecular weight is 649 g/mol. The van der Waals surface area contributed by atoms with Gasteiger partial charge in [0, 0.05) is 38.4 Å². The first-order chi connectivity index (χ1) is 24.5. The number of rotatable bonds is 7. The minimum Gasteiger partial charge on any atom is -0.497 e. The predicted molar refractivity (Wildman–Crippen MR) is 208 cm³/mol. The number of methoxy groups -OCH3 is 2. The highest BCUT2D eigenvalue weighted by Crippen LogP contribution is 2.47. The number of fused-ring (bicyclic) bond motifs is 4. The summed E-state index contributed by atoms with van der Waals surface area (Å²) in [6.07, 6.45) is 0. The van der Waals surface area contributed by atoms with Crippen molar-refractivity contribution in [2.24, 2.45) is 4.99 Å². The molecule has 242 valence electrons. The fourth-order valence-corrected chi connectivity index (χ4v) is 6.94. The molecule has 0 aliphatic heterocycles. The van der Waals surface area contributed by atoms with Gasteiger partial charge in [-0.1, -0.05) is 108 Å². The second-order valence-electron chi connectivity index (χ2n) is 12.6. The number of benzene rings is 7. The first-order valence-corrected chi connectivity index (χ1v) is 16.8. The fraction of sp³-hybridized carbons (Fsp3) is 0.0870. The molecule has 0 aliphatic rings. The van der Waals surface area contributed by atoms with E-state index in [0.29, 0.717) is 0 Å². The van der Waals surface area contributed by atoms with Gasteiger partial charge in [0.15, 0.2) is 0 Å². The minimum absolute atomic E-state index is 0.798. The molecule has 0 spiro atoms. The van der Waals surface area contributed by atoms with Crippen molar-refractivity contribution >= 4 is 44.0 Å². The number of ether oxygens (including phenoxy) is 2. The summed E-state index contributed by atoms with van der Waals surface area (Å²) in [5.74, 6) is 1.61. The molecule has 8 rings (SSSR count). The summed E-state index contributed by atoms with van der Waals surface area (Å²) in [4.78, 5) is 10.9. The summed E-state index contributed by atoms with van der Waals surface area (Å²) in [5, 5.41) is 4.31. The van der Waals surface area contributed by atoms with Crippen LogP contribution in [0.2, 0.25) is 0 Å². The Balaban J connectivity index is 1.64. The second kappa shape index (κ2) is 13.0. The molecule has 0 atom stereocenters. The lowest BCUT2D eigenvalue weighted by Crippen LogP contribution is -2.08. The third kappa shape index (κ3) is 5.55. The number of nitrogens with zero attached hydrogens (tertiary/aromatic N) is 2. The zero-order valence-electron chi connectivity index (χ0n) is 28.6. The van der Waals surface area contributed by atoms with Gasteiger partial charge in [-0.2, -0.15) is 0 Å². The largest absolute Gasteiger partial charge is 0.497 e. The molecule has 50 heavy (non-hydrogen) atoms. The number of aromatic nitrogens is 1. The van der Waals surface area contributed by atoms with Gasteiger partial charge < -0.3 is 9.47 Å². The molecule has 0 saturated carbocycles. The third-order valence-electron chi connectivity index (χ3n) is 9.41. The van der Waals surface area contributed by atoms with E-state index in [-0.39, 0.29) is 0 Å². The molecule has 7 aromatic carbocycles. The number of aliphatic imine (C=N–C) groups is 1. The first kappa shape index (κ1) is 31.0. The Hall–Kier alpha value is -6.26. The molecule has 0 bridgehead atoms. The van der Waals surface area contributed by atoms with Crippen LogP contribution < -0.4 is 9.47 Å². The number of hydrogen-bond donors (Lipinski definition) is 0. The van der Waals surface area contributed by atoms with Gasteiger partial charge >= 0.3 is 0 Å². The first-order valence-electron chi connectivity index (χ1n) is 16.8. The van der Waals surface area contributed by atoms with Crippen molar-refractivity contribution in [3.8, 4) is 33.8 Å². The van der Waals surface area contributed by atoms with Crippen LogP contribution in [0.3, 0.4) is 0 Å². The van der Waals surface area contributed by atoms with Crippen LogP contribution in [-0.2, 0) is 0 Å². The summed E-state index contributed by atoms with van der Waals surface area (Å²) < 4.78 is 11.2. The maximum Gasteiger partial charge on any atom is 0.118 e. The van der Waals surface area contributed by atoms with E-state index in [1.54, 1.807) is 14.2 Å². The van der Waals surface area contributed by atoms with E-state index in [9.17, 15) is 0 Å². The molecule has 0 N–H and O–H groups in total. The number of pyridine rings is 1. The van der Waals surface area contributed by atoms with E-state index < -0.39 is 0 Å². The monoisotopic (exact) mass is 648 g/mol. The van der Waals surface area contributed by atoms with Gasteiger partial charge in [0.05, 0.1) is 36.7 Å². The third-order valence-corrected chi connectivity index (χ3v) is 9.41. The quantitative estimate of drug-likeness (QED) is 0.0981. The Kier molecular flexibility index (Phi) is 8.06. The van der Waals surface area contributed by atoms with Crippen LogP contribution in [0.15, 0.2) is 151 Å². The Morgan fingerprint density at radius 3 is 1.76 bits per heavy atom. The summed E-state index contributed by atoms with van der Waals surface area (Å²) in [5.41, 5.74) is 12.4. The second-order valence-corrected chi connectivity index (χ2v) is 12.6. The molecule has 0 fully saturated rings. The molecular formula is C46H36N2O2. The van der Waals surface area contributed by atoms with Crippen LogP contribution in [-0.4, -0.2) is 24.9 Å². The van der Waals surface area contributed by atoms with Crippen molar-refractivity contribution in [2.45, 2.75) is 13.8 Å². The van der Waals surface area contributed by atoms with Gasteiger partial charge in [0.2, 0.25) is 0 Å². The predicted octanol–water partition coefficient (Wildman–Crippen LogP) is 11.7. The van der Waals surface area contributed by atoms with Gasteiger partial charge in [0.25, 0.3) is 0 Å². The van der Waals surface area contributed by atoms with Crippen LogP contribution in [0, 0.1) is 13.8 Å². The van der Waals surface area contributed by atoms with Crippen LogP contribution >= 0.6 is 0 Å². The smallest absolute Gasteiger partial charge is 0.118 e. The zero-order valence-corrected chi connectivity index (χ0v) is 28.6. The van der Waals surface area contributed by atoms with Gasteiger partial charge in [-0.3, -0.25) is 0 Å². The molecule has 0 unspecified atom stereocenters. The molecule has 8 aromatic rings. The van der Waals surface area contributed by atoms with Crippen LogP contribution in [0.4, 0.5) is 5.69 Å². The van der Waals surface area contributed by atoms with E-state index in [2.05, 4.69) is 135 Å². The maximum absolute atomic E-state index is 5.64. The molecule has 0 radical (unpaired) electrons. The summed E-state index contributed by atoms with van der Waals surface area (Å²) in [6, 6.07) is 50.8. The van der Waals surface area contributed by atoms with Crippen LogP contribution in [0.5, 0.6) is 11.5 Å². The van der Waals surface area contributed by atoms with E-state index in [1.165, 1.54) is 11.1 Å². The zero-order chi connectivity index (χ0) is 34.2. The Labute approximate surface area is 292 Å². The lowest BCUT2D eigenvalue weighted by molar-refractivity contribution is 0.415. The minimum atomic E-state index is 0.798. The standard InChI is InChI=1S/C46H36N2O2/c1-29-14-21-34(22-15-29)47-45(33-10-6-5-7-11-33)43-37-12-8-9-13-38(37)46-44(42(43)32-19-25-36(50-4)26-20-32)41(31-17-23-35(49-3)24-18-31)39-28-30(2)16-27-40(39)48-46/h5-28H,1-4H3. The average Bonchev–Trinajstić information content (AvgIpc) is 3.17. The van der Waals surface area contributed by atoms with Crippen molar-refractivity contribution in [2.75, 3.05) is 14.2 Å². The van der Waals surface area contributed by atoms with E-state index in [0.717, 1.165) is 88.9 Å². The maximum atomic E-state index is 5.64. The van der Waals surface area contributed by atoms with Crippen molar-refractivity contribution in [3.63, 3.8) is 0 Å². The SMILES string of the molecule is COc1ccc(-c2c(C(=Nc3ccc(C)cc3)c3ccccc3)c3ccccc3c3nc4ccc(C)cc4c(-c4ccc(OC)cc4)c23)cc1. The Morgan fingerprint density at radius 1 is 0.540 bits per heavy atom. The Morgan fingerprint density at radius 2 is 1.12 bits per heavy atom. The van der Waals surface area contributed by atoms with E-state index in [1.807, 2.05) is 24.3 Å². The lowest BCUT2D eigenvalue weighted by Gasteiger charge is -2.23. The number of hydrogen-bond acceptors (Lipinski definition) is 4. The Bertz CT molecular complexity index is 2540. The number of aryl methyl sites for hydroxylation is 2. The molecular weight excluding hydrogens is 613 g/mol. The molecule has 1 heterocycles. The summed E-state index contributed by atoms with van der Waals surface area (Å²) >= 11 is 0. The lowest BCUT2D eigenvalue weighted by atomic mass is 9.82. The molecule has 0 aliphatic carbocycles. The molecule has 4 heteroatoms. The topological polar surface area (TPSA) is 43.7 Å². The highest BCUT2D eigenvalue weighted by atomic mass is 16.5. The van der Waals surface area contributed by atoms with E-state index >= 15 is 0 Å². The fourth-order valence-electron chi connectivity index (χ4n) is 6.94. The van der Waals surface area contributed by atoms with Gasteiger partial charge in [-0.05, 0) is 78.9 Å². The summed E-state index contributed by atoms with van der Waals surface area (Å²) in [7, 11) is 3.40. The summed E-state index contributed by atoms with van der Waals surface area (Å²) in [6.45, 7) is 4.24. The molecule has 0 saturated heterocycles. The van der Waals surface area contributed by atoms with Crippen molar-refractivity contribution in [1.82, 2.24) is 4.98 Å². The van der Waals surface area contributed by atoms with Gasteiger partial charge in [-0.15, -0.1) is 0 Å². The van der Waals surface area contributed by atoms with Crippen molar-refractivity contribution < 1.29 is 9.47 Å². The highest BCUT2D eigenvalue weighted by Gasteiger charge is 2.26. The van der Waals surface area contributed by atoms with Crippen molar-refractivity contribution in [3.05, 3.63) is 168 Å². The molecule has 4 nitrogen and oxygen atoms in total. The van der Waals surface area contributed by atoms with E-state index in [4.69, 9.17) is 19.5 Å². The molecule has 1 aromatic heterocycles. The van der Waals surface area contributed by atoms with Crippen LogP contribution in [0.25, 0.3) is 54.8 Å². The molecule has 0 amide bonds. The highest BCUT2D eigenvalue weighted by molar-refractivity contribution is 6.32. The van der Waals surface area contributed by atoms with Gasteiger partial charge in [0.1, 0.15) is 11.5 Å². The van der Waals surface area contributed by atoms with Crippen molar-refractivity contribution in [1.29, 1.82) is 0 Å². The van der Waals surface area contributed by atoms with Gasteiger partial charge in [-0.25, -0.2) is 9.98 Å². The van der Waals surface area contributed by atoms with Crippen LogP contribution in [0.1, 0.15) is 22.3 Å². The normalized spacial score (nSPS) is 11.7.